The van der Waals surface area contributed by atoms with Crippen molar-refractivity contribution < 1.29 is 4.74 Å². The van der Waals surface area contributed by atoms with E-state index in [1.165, 1.54) is 58.2 Å². The Kier molecular flexibility index (Phi) is 4.78. The van der Waals surface area contributed by atoms with E-state index in [0.717, 1.165) is 37.0 Å². The average molecular weight is 266 g/mol. The zero-order valence-corrected chi connectivity index (χ0v) is 12.4. The van der Waals surface area contributed by atoms with Crippen LogP contribution in [0.3, 0.4) is 0 Å². The fraction of sp³-hybridized carbons (Fsp3) is 1.00. The van der Waals surface area contributed by atoms with E-state index < -0.39 is 0 Å². The van der Waals surface area contributed by atoms with E-state index in [2.05, 4.69) is 17.3 Å². The van der Waals surface area contributed by atoms with Crippen molar-refractivity contribution in [3.8, 4) is 0 Å². The summed E-state index contributed by atoms with van der Waals surface area (Å²) < 4.78 is 5.56. The first-order valence-corrected chi connectivity index (χ1v) is 8.32. The van der Waals surface area contributed by atoms with Gasteiger partial charge in [0.1, 0.15) is 0 Å². The lowest BCUT2D eigenvalue weighted by molar-refractivity contribution is 0.0421. The van der Waals surface area contributed by atoms with Crippen LogP contribution in [0.1, 0.15) is 38.5 Å². The third-order valence-corrected chi connectivity index (χ3v) is 4.96. The Balaban J connectivity index is 1.30. The van der Waals surface area contributed by atoms with Crippen LogP contribution in [-0.2, 0) is 4.74 Å². The fourth-order valence-corrected chi connectivity index (χ4v) is 3.53. The maximum atomic E-state index is 5.56. The molecule has 0 amide bonds. The minimum absolute atomic E-state index is 0.765. The third kappa shape index (κ3) is 4.44. The molecule has 3 aliphatic rings. The Hall–Kier alpha value is -0.120. The number of ether oxygens (including phenoxy) is 1. The molecule has 1 saturated heterocycles. The Morgan fingerprint density at radius 3 is 2.47 bits per heavy atom. The van der Waals surface area contributed by atoms with Crippen molar-refractivity contribution in [2.24, 2.45) is 17.8 Å². The van der Waals surface area contributed by atoms with Crippen LogP contribution >= 0.6 is 0 Å². The predicted molar refractivity (Wildman–Crippen MR) is 78.3 cm³/mol. The minimum Gasteiger partial charge on any atom is -0.381 e. The van der Waals surface area contributed by atoms with Gasteiger partial charge in [-0.25, -0.2) is 0 Å². The Morgan fingerprint density at radius 2 is 1.89 bits per heavy atom. The van der Waals surface area contributed by atoms with E-state index in [-0.39, 0.29) is 0 Å². The van der Waals surface area contributed by atoms with Gasteiger partial charge in [0, 0.05) is 32.3 Å². The van der Waals surface area contributed by atoms with E-state index in [9.17, 15) is 0 Å². The lowest BCUT2D eigenvalue weighted by Gasteiger charge is -2.27. The first kappa shape index (κ1) is 13.8. The number of hydrogen-bond donors (Lipinski definition) is 1. The van der Waals surface area contributed by atoms with Gasteiger partial charge < -0.3 is 15.0 Å². The predicted octanol–water partition coefficient (Wildman–Crippen LogP) is 2.12. The number of likely N-dealkylation sites (N-methyl/N-ethyl adjacent to an activating group) is 1. The molecule has 3 heteroatoms. The normalized spacial score (nSPS) is 28.3. The number of hydrogen-bond acceptors (Lipinski definition) is 3. The van der Waals surface area contributed by atoms with Crippen LogP contribution in [0.25, 0.3) is 0 Å². The van der Waals surface area contributed by atoms with Crippen molar-refractivity contribution in [2.45, 2.75) is 44.6 Å². The van der Waals surface area contributed by atoms with Gasteiger partial charge >= 0.3 is 0 Å². The molecule has 19 heavy (non-hydrogen) atoms. The van der Waals surface area contributed by atoms with Crippen molar-refractivity contribution >= 4 is 0 Å². The average Bonchev–Trinajstić information content (AvgIpc) is 3.29. The molecule has 1 N–H and O–H groups in total. The molecule has 1 unspecified atom stereocenters. The van der Waals surface area contributed by atoms with Crippen LogP contribution in [-0.4, -0.2) is 50.8 Å². The zero-order valence-electron chi connectivity index (χ0n) is 12.4. The molecule has 1 aliphatic heterocycles. The fourth-order valence-electron chi connectivity index (χ4n) is 3.53. The first-order chi connectivity index (χ1) is 9.33. The molecule has 0 aromatic heterocycles. The van der Waals surface area contributed by atoms with Gasteiger partial charge in [-0.3, -0.25) is 0 Å². The maximum absolute atomic E-state index is 5.56. The Morgan fingerprint density at radius 1 is 1.16 bits per heavy atom. The second kappa shape index (κ2) is 6.55. The topological polar surface area (TPSA) is 24.5 Å². The highest BCUT2D eigenvalue weighted by Crippen LogP contribution is 2.44. The number of nitrogens with zero attached hydrogens (tertiary/aromatic N) is 1. The lowest BCUT2D eigenvalue weighted by Crippen LogP contribution is -2.40. The maximum Gasteiger partial charge on any atom is 0.0506 e. The summed E-state index contributed by atoms with van der Waals surface area (Å²) in [6, 6.07) is 0.853. The summed E-state index contributed by atoms with van der Waals surface area (Å²) in [5, 5.41) is 3.84. The third-order valence-electron chi connectivity index (χ3n) is 4.96. The highest BCUT2D eigenvalue weighted by Gasteiger charge is 2.40. The van der Waals surface area contributed by atoms with Crippen LogP contribution in [0.15, 0.2) is 0 Å². The molecule has 3 nitrogen and oxygen atoms in total. The van der Waals surface area contributed by atoms with E-state index in [1.807, 2.05) is 0 Å². The van der Waals surface area contributed by atoms with Gasteiger partial charge in [0.05, 0.1) is 6.61 Å². The molecular formula is C16H30N2O. The standard InChI is InChI=1S/C16H30N2O/c1-18(11-13-3-2-10-19-12-13)9-8-17-16(14-4-5-14)15-6-7-15/h13-17H,2-12H2,1H3. The van der Waals surface area contributed by atoms with Crippen molar-refractivity contribution in [3.63, 3.8) is 0 Å². The van der Waals surface area contributed by atoms with Gasteiger partial charge in [-0.2, -0.15) is 0 Å². The molecule has 1 heterocycles. The molecule has 1 atom stereocenters. The molecule has 2 aliphatic carbocycles. The Labute approximate surface area is 118 Å². The summed E-state index contributed by atoms with van der Waals surface area (Å²) in [6.07, 6.45) is 8.51. The van der Waals surface area contributed by atoms with Crippen molar-refractivity contribution in [2.75, 3.05) is 39.9 Å². The second-order valence-corrected chi connectivity index (χ2v) is 7.00. The van der Waals surface area contributed by atoms with Crippen LogP contribution in [0.5, 0.6) is 0 Å². The van der Waals surface area contributed by atoms with Crippen molar-refractivity contribution in [3.05, 3.63) is 0 Å². The summed E-state index contributed by atoms with van der Waals surface area (Å²) in [7, 11) is 2.26. The van der Waals surface area contributed by atoms with Crippen LogP contribution in [0, 0.1) is 17.8 Å². The van der Waals surface area contributed by atoms with Crippen molar-refractivity contribution in [1.29, 1.82) is 0 Å². The molecule has 3 rings (SSSR count). The zero-order chi connectivity index (χ0) is 13.1. The molecule has 3 fully saturated rings. The molecule has 0 radical (unpaired) electrons. The summed E-state index contributed by atoms with van der Waals surface area (Å²) in [5.74, 6) is 2.80. The summed E-state index contributed by atoms with van der Waals surface area (Å²) in [5.41, 5.74) is 0. The first-order valence-electron chi connectivity index (χ1n) is 8.32. The van der Waals surface area contributed by atoms with E-state index in [4.69, 9.17) is 4.74 Å². The molecule has 0 bridgehead atoms. The molecule has 0 spiro atoms. The van der Waals surface area contributed by atoms with Gasteiger partial charge in [0.2, 0.25) is 0 Å². The van der Waals surface area contributed by atoms with Crippen LogP contribution in [0.2, 0.25) is 0 Å². The lowest BCUT2D eigenvalue weighted by atomic mass is 10.0. The monoisotopic (exact) mass is 266 g/mol. The number of rotatable bonds is 8. The largest absolute Gasteiger partial charge is 0.381 e. The highest BCUT2D eigenvalue weighted by molar-refractivity contribution is 4.96. The van der Waals surface area contributed by atoms with Gasteiger partial charge in [-0.1, -0.05) is 0 Å². The molecule has 0 aromatic carbocycles. The minimum atomic E-state index is 0.765. The second-order valence-electron chi connectivity index (χ2n) is 7.00. The molecule has 110 valence electrons. The molecule has 0 aromatic rings. The van der Waals surface area contributed by atoms with Gasteiger partial charge in [0.25, 0.3) is 0 Å². The summed E-state index contributed by atoms with van der Waals surface area (Å²) in [6.45, 7) is 5.52. The Bertz CT molecular complexity index is 258. The van der Waals surface area contributed by atoms with E-state index in [0.29, 0.717) is 0 Å². The molecular weight excluding hydrogens is 236 g/mol. The number of nitrogens with one attached hydrogen (secondary N) is 1. The van der Waals surface area contributed by atoms with Gasteiger partial charge in [0.15, 0.2) is 0 Å². The van der Waals surface area contributed by atoms with Gasteiger partial charge in [-0.15, -0.1) is 0 Å². The van der Waals surface area contributed by atoms with Crippen LogP contribution in [0.4, 0.5) is 0 Å². The van der Waals surface area contributed by atoms with E-state index in [1.54, 1.807) is 0 Å². The van der Waals surface area contributed by atoms with Crippen LogP contribution < -0.4 is 5.32 Å². The van der Waals surface area contributed by atoms with E-state index >= 15 is 0 Å². The smallest absolute Gasteiger partial charge is 0.0506 e. The molecule has 2 saturated carbocycles. The van der Waals surface area contributed by atoms with Gasteiger partial charge in [-0.05, 0) is 63.3 Å². The van der Waals surface area contributed by atoms with Crippen molar-refractivity contribution in [1.82, 2.24) is 10.2 Å². The highest BCUT2D eigenvalue weighted by atomic mass is 16.5. The summed E-state index contributed by atoms with van der Waals surface area (Å²) >= 11 is 0. The SMILES string of the molecule is CN(CCNC(C1CC1)C1CC1)CC1CCCOC1. The summed E-state index contributed by atoms with van der Waals surface area (Å²) in [4.78, 5) is 2.49. The quantitative estimate of drug-likeness (QED) is 0.728.